The number of rotatable bonds is 2. The van der Waals surface area contributed by atoms with Gasteiger partial charge in [0.25, 0.3) is 0 Å². The Bertz CT molecular complexity index is 416. The van der Waals surface area contributed by atoms with Gasteiger partial charge in [-0.05, 0) is 24.7 Å². The summed E-state index contributed by atoms with van der Waals surface area (Å²) in [5, 5.41) is 0. The molecular weight excluding hydrogens is 348 g/mol. The first-order chi connectivity index (χ1) is 8.15. The molecule has 0 aromatic heterocycles. The van der Waals surface area contributed by atoms with Gasteiger partial charge in [-0.2, -0.15) is 0 Å². The first kappa shape index (κ1) is 12.0. The number of ether oxygens (including phenoxy) is 1. The van der Waals surface area contributed by atoms with Gasteiger partial charge in [0.2, 0.25) is 0 Å². The summed E-state index contributed by atoms with van der Waals surface area (Å²) in [5.74, 6) is 1.67. The Morgan fingerprint density at radius 1 is 1.29 bits per heavy atom. The molecule has 0 aromatic carbocycles. The highest BCUT2D eigenvalue weighted by Crippen LogP contribution is 2.59. The first-order valence-electron chi connectivity index (χ1n) is 6.00. The largest absolute Gasteiger partial charge is 0.463 e. The van der Waals surface area contributed by atoms with Crippen molar-refractivity contribution < 1.29 is 9.53 Å². The molecule has 4 aliphatic carbocycles. The minimum Gasteiger partial charge on any atom is -0.463 e. The first-order valence-corrected chi connectivity index (χ1v) is 7.83. The highest BCUT2D eigenvalue weighted by molar-refractivity contribution is 9.12. The van der Waals surface area contributed by atoms with Crippen LogP contribution >= 0.6 is 31.9 Å². The van der Waals surface area contributed by atoms with E-state index >= 15 is 0 Å². The number of hydrogen-bond donors (Lipinski definition) is 0. The Morgan fingerprint density at radius 2 is 2.00 bits per heavy atom. The molecule has 0 heterocycles. The van der Waals surface area contributed by atoms with E-state index in [0.717, 1.165) is 5.57 Å². The van der Waals surface area contributed by atoms with Crippen molar-refractivity contribution in [2.75, 3.05) is 6.61 Å². The van der Waals surface area contributed by atoms with Crippen molar-refractivity contribution in [2.45, 2.75) is 16.6 Å². The predicted molar refractivity (Wildman–Crippen MR) is 73.2 cm³/mol. The van der Waals surface area contributed by atoms with Gasteiger partial charge < -0.3 is 4.74 Å². The standard InChI is InChI=1S/C13H14Br2O2/c1-2-17-13(16)8-5-6-3-4-7(8)10-9(6)11(14)12(10)15/h3-7,9-12H,2H2,1H3/t6-,7-,9-,10+,11+,12+/m1/s1. The predicted octanol–water partition coefficient (Wildman–Crippen LogP) is 3.06. The molecule has 6 atom stereocenters. The van der Waals surface area contributed by atoms with Crippen LogP contribution in [0, 0.1) is 23.7 Å². The Balaban J connectivity index is 1.89. The van der Waals surface area contributed by atoms with Crippen LogP contribution in [0.4, 0.5) is 0 Å². The maximum absolute atomic E-state index is 11.9. The normalized spacial score (nSPS) is 45.9. The lowest BCUT2D eigenvalue weighted by Crippen LogP contribution is -2.58. The molecule has 4 rings (SSSR count). The fourth-order valence-corrected chi connectivity index (χ4v) is 5.42. The highest BCUT2D eigenvalue weighted by atomic mass is 79.9. The minimum absolute atomic E-state index is 0.136. The zero-order chi connectivity index (χ0) is 12.2. The van der Waals surface area contributed by atoms with Gasteiger partial charge in [-0.25, -0.2) is 4.79 Å². The van der Waals surface area contributed by atoms with Gasteiger partial charge >= 0.3 is 5.97 Å². The number of esters is 1. The summed E-state index contributed by atoms with van der Waals surface area (Å²) in [6.45, 7) is 2.30. The molecule has 0 aliphatic heterocycles. The molecule has 1 fully saturated rings. The smallest absolute Gasteiger partial charge is 0.334 e. The zero-order valence-corrected chi connectivity index (χ0v) is 12.6. The van der Waals surface area contributed by atoms with E-state index in [1.54, 1.807) is 0 Å². The molecule has 2 nitrogen and oxygen atoms in total. The number of carbonyl (C=O) groups excluding carboxylic acids is 1. The van der Waals surface area contributed by atoms with E-state index in [4.69, 9.17) is 4.74 Å². The average Bonchev–Trinajstić information content (AvgIpc) is 2.37. The van der Waals surface area contributed by atoms with Crippen molar-refractivity contribution in [3.05, 3.63) is 23.8 Å². The van der Waals surface area contributed by atoms with E-state index in [2.05, 4.69) is 50.1 Å². The summed E-state index contributed by atoms with van der Waals surface area (Å²) in [6.07, 6.45) is 6.53. The lowest BCUT2D eigenvalue weighted by Gasteiger charge is -2.57. The van der Waals surface area contributed by atoms with Gasteiger partial charge in [-0.3, -0.25) is 0 Å². The van der Waals surface area contributed by atoms with Gasteiger partial charge in [-0.1, -0.05) is 50.1 Å². The van der Waals surface area contributed by atoms with E-state index < -0.39 is 0 Å². The third kappa shape index (κ3) is 1.60. The molecule has 0 amide bonds. The molecule has 17 heavy (non-hydrogen) atoms. The Hall–Kier alpha value is -0.0900. The van der Waals surface area contributed by atoms with Gasteiger partial charge in [-0.15, -0.1) is 0 Å². The maximum Gasteiger partial charge on any atom is 0.334 e. The molecule has 0 radical (unpaired) electrons. The molecule has 1 saturated carbocycles. The molecule has 0 aromatic rings. The van der Waals surface area contributed by atoms with Crippen molar-refractivity contribution in [1.29, 1.82) is 0 Å². The minimum atomic E-state index is -0.136. The zero-order valence-electron chi connectivity index (χ0n) is 9.48. The average molecular weight is 362 g/mol. The molecular formula is C13H14Br2O2. The number of alkyl halides is 2. The van der Waals surface area contributed by atoms with Crippen LogP contribution in [0.2, 0.25) is 0 Å². The van der Waals surface area contributed by atoms with E-state index in [-0.39, 0.29) is 11.9 Å². The fraction of sp³-hybridized carbons (Fsp3) is 0.615. The van der Waals surface area contributed by atoms with Crippen LogP contribution < -0.4 is 0 Å². The number of hydrogen-bond acceptors (Lipinski definition) is 2. The van der Waals surface area contributed by atoms with E-state index in [1.807, 2.05) is 6.92 Å². The molecule has 0 saturated heterocycles. The lowest BCUT2D eigenvalue weighted by atomic mass is 9.53. The van der Waals surface area contributed by atoms with Crippen LogP contribution in [0.5, 0.6) is 0 Å². The van der Waals surface area contributed by atoms with Crippen molar-refractivity contribution in [3.8, 4) is 0 Å². The summed E-state index contributed by atoms with van der Waals surface area (Å²) in [7, 11) is 0. The van der Waals surface area contributed by atoms with Gasteiger partial charge in [0, 0.05) is 21.1 Å². The topological polar surface area (TPSA) is 26.3 Å². The van der Waals surface area contributed by atoms with Crippen LogP contribution in [-0.2, 0) is 9.53 Å². The van der Waals surface area contributed by atoms with Crippen LogP contribution in [0.1, 0.15) is 6.92 Å². The highest BCUT2D eigenvalue weighted by Gasteiger charge is 2.58. The number of halogens is 2. The van der Waals surface area contributed by atoms with Crippen LogP contribution in [0.3, 0.4) is 0 Å². The monoisotopic (exact) mass is 360 g/mol. The van der Waals surface area contributed by atoms with Gasteiger partial charge in [0.15, 0.2) is 0 Å². The Morgan fingerprint density at radius 3 is 2.71 bits per heavy atom. The van der Waals surface area contributed by atoms with Crippen LogP contribution in [-0.4, -0.2) is 22.2 Å². The number of allylic oxidation sites excluding steroid dienone is 3. The third-order valence-electron chi connectivity index (χ3n) is 4.13. The van der Waals surface area contributed by atoms with Gasteiger partial charge in [0.1, 0.15) is 0 Å². The molecule has 0 N–H and O–H groups in total. The second-order valence-corrected chi connectivity index (χ2v) is 6.99. The summed E-state index contributed by atoms with van der Waals surface area (Å²) in [4.78, 5) is 12.9. The Kier molecular flexibility index (Phi) is 2.98. The third-order valence-corrected chi connectivity index (χ3v) is 7.20. The van der Waals surface area contributed by atoms with Crippen LogP contribution in [0.25, 0.3) is 0 Å². The maximum atomic E-state index is 11.9. The van der Waals surface area contributed by atoms with E-state index in [9.17, 15) is 4.79 Å². The van der Waals surface area contributed by atoms with E-state index in [0.29, 0.717) is 34.0 Å². The van der Waals surface area contributed by atoms with Crippen molar-refractivity contribution in [2.24, 2.45) is 23.7 Å². The quantitative estimate of drug-likeness (QED) is 0.429. The van der Waals surface area contributed by atoms with E-state index in [1.165, 1.54) is 0 Å². The second kappa shape index (κ2) is 4.23. The Labute approximate surface area is 118 Å². The van der Waals surface area contributed by atoms with Crippen LogP contribution in [0.15, 0.2) is 23.8 Å². The molecule has 92 valence electrons. The molecule has 0 unspecified atom stereocenters. The lowest BCUT2D eigenvalue weighted by molar-refractivity contribution is -0.139. The SMILES string of the molecule is CCOC(=O)C1=C[C@H]2C=C[C@H]1[C@@H]1[C@H](Br)[C@@H](Br)[C@H]21. The second-order valence-electron chi connectivity index (χ2n) is 4.87. The summed E-state index contributed by atoms with van der Waals surface area (Å²) in [5.41, 5.74) is 0.865. The molecule has 2 bridgehead atoms. The summed E-state index contributed by atoms with van der Waals surface area (Å²) >= 11 is 7.46. The van der Waals surface area contributed by atoms with Crippen molar-refractivity contribution in [3.63, 3.8) is 0 Å². The molecule has 0 spiro atoms. The van der Waals surface area contributed by atoms with Crippen molar-refractivity contribution in [1.82, 2.24) is 0 Å². The summed E-state index contributed by atoms with van der Waals surface area (Å²) in [6, 6.07) is 0. The molecule has 4 aliphatic rings. The van der Waals surface area contributed by atoms with Crippen molar-refractivity contribution >= 4 is 37.8 Å². The fourth-order valence-electron chi connectivity index (χ4n) is 3.33. The van der Waals surface area contributed by atoms with Gasteiger partial charge in [0.05, 0.1) is 6.61 Å². The number of carbonyl (C=O) groups is 1. The molecule has 4 heteroatoms. The summed E-state index contributed by atoms with van der Waals surface area (Å²) < 4.78 is 5.14.